The van der Waals surface area contributed by atoms with E-state index in [2.05, 4.69) is 19.8 Å². The Balaban J connectivity index is 1.78. The molecule has 0 bridgehead atoms. The highest BCUT2D eigenvalue weighted by Gasteiger charge is 2.30. The number of benzene rings is 1. The Morgan fingerprint density at radius 3 is 2.26 bits per heavy atom. The normalized spacial score (nSPS) is 14.3. The third-order valence-electron chi connectivity index (χ3n) is 3.94. The molecule has 140 valence electrons. The van der Waals surface area contributed by atoms with Gasteiger partial charge in [0.25, 0.3) is 16.0 Å². The summed E-state index contributed by atoms with van der Waals surface area (Å²) in [6.07, 6.45) is 5.11. The van der Waals surface area contributed by atoms with Crippen molar-refractivity contribution in [2.45, 2.75) is 23.7 Å². The molecule has 1 aliphatic rings. The summed E-state index contributed by atoms with van der Waals surface area (Å²) in [5, 5.41) is 4.54. The van der Waals surface area contributed by atoms with Crippen LogP contribution >= 0.6 is 34.8 Å². The van der Waals surface area contributed by atoms with Gasteiger partial charge in [-0.2, -0.15) is 9.78 Å². The van der Waals surface area contributed by atoms with Gasteiger partial charge in [-0.05, 0) is 31.0 Å². The minimum atomic E-state index is -4.10. The molecule has 2 heterocycles. The highest BCUT2D eigenvalue weighted by Crippen LogP contribution is 2.41. The molecular weight excluding hydrogens is 433 g/mol. The zero-order valence-corrected chi connectivity index (χ0v) is 16.7. The summed E-state index contributed by atoms with van der Waals surface area (Å²) in [4.78, 5) is 8.01. The summed E-state index contributed by atoms with van der Waals surface area (Å²) in [6, 6.07) is 5.96. The van der Waals surface area contributed by atoms with E-state index in [1.54, 1.807) is 24.5 Å². The van der Waals surface area contributed by atoms with Gasteiger partial charge in [0.2, 0.25) is 0 Å². The summed E-state index contributed by atoms with van der Waals surface area (Å²) in [6.45, 7) is 0. The summed E-state index contributed by atoms with van der Waals surface area (Å²) in [7, 11) is -4.10. The largest absolute Gasteiger partial charge is 0.266 e. The van der Waals surface area contributed by atoms with Crippen LogP contribution < -0.4 is 4.72 Å². The first-order valence-electron chi connectivity index (χ1n) is 7.90. The van der Waals surface area contributed by atoms with E-state index in [1.165, 1.54) is 16.8 Å². The zero-order valence-electron chi connectivity index (χ0n) is 13.6. The van der Waals surface area contributed by atoms with E-state index in [-0.39, 0.29) is 31.7 Å². The SMILES string of the molecule is O=S(=O)(Nc1cc(C2CC2)nn1-c1ncccn1)c1c(Cl)cc(Cl)cc1Cl. The summed E-state index contributed by atoms with van der Waals surface area (Å²) < 4.78 is 29.7. The second-order valence-corrected chi connectivity index (χ2v) is 8.86. The molecule has 0 atom stereocenters. The van der Waals surface area contributed by atoms with Crippen LogP contribution in [0.5, 0.6) is 0 Å². The fraction of sp³-hybridized carbons (Fsp3) is 0.188. The number of nitrogens with one attached hydrogen (secondary N) is 1. The van der Waals surface area contributed by atoms with Gasteiger partial charge >= 0.3 is 0 Å². The summed E-state index contributed by atoms with van der Waals surface area (Å²) in [5.41, 5.74) is 0.772. The smallest absolute Gasteiger partial charge is 0.263 e. The molecule has 11 heteroatoms. The molecule has 0 saturated heterocycles. The predicted molar refractivity (Wildman–Crippen MR) is 103 cm³/mol. The van der Waals surface area contributed by atoms with Crippen molar-refractivity contribution >= 4 is 50.6 Å². The number of anilines is 1. The fourth-order valence-electron chi connectivity index (χ4n) is 2.58. The van der Waals surface area contributed by atoms with Crippen molar-refractivity contribution in [1.82, 2.24) is 19.7 Å². The van der Waals surface area contributed by atoms with Crippen molar-refractivity contribution in [3.05, 3.63) is 57.4 Å². The maximum atomic E-state index is 12.9. The van der Waals surface area contributed by atoms with Crippen molar-refractivity contribution in [3.63, 3.8) is 0 Å². The molecule has 0 amide bonds. The number of hydrogen-bond acceptors (Lipinski definition) is 5. The van der Waals surface area contributed by atoms with Gasteiger partial charge in [-0.1, -0.05) is 34.8 Å². The first-order chi connectivity index (χ1) is 12.8. The molecule has 1 saturated carbocycles. The van der Waals surface area contributed by atoms with Crippen LogP contribution in [0.15, 0.2) is 41.6 Å². The van der Waals surface area contributed by atoms with E-state index < -0.39 is 10.0 Å². The second kappa shape index (κ2) is 6.94. The third-order valence-corrected chi connectivity index (χ3v) is 6.43. The molecular formula is C16H12Cl3N5O2S. The Hall–Kier alpha value is -1.87. The molecule has 1 aromatic carbocycles. The molecule has 1 fully saturated rings. The maximum Gasteiger partial charge on any atom is 0.266 e. The molecule has 2 aromatic heterocycles. The van der Waals surface area contributed by atoms with Gasteiger partial charge in [0.1, 0.15) is 10.7 Å². The van der Waals surface area contributed by atoms with Gasteiger partial charge in [0.15, 0.2) is 0 Å². The highest BCUT2D eigenvalue weighted by molar-refractivity contribution is 7.93. The lowest BCUT2D eigenvalue weighted by atomic mass is 10.3. The number of rotatable bonds is 5. The molecule has 0 aliphatic heterocycles. The first-order valence-corrected chi connectivity index (χ1v) is 10.5. The van der Waals surface area contributed by atoms with Gasteiger partial charge in [0, 0.05) is 29.4 Å². The lowest BCUT2D eigenvalue weighted by Gasteiger charge is -2.12. The van der Waals surface area contributed by atoms with Crippen molar-refractivity contribution in [2.75, 3.05) is 4.72 Å². The predicted octanol–water partition coefficient (Wildman–Crippen LogP) is 4.30. The van der Waals surface area contributed by atoms with Gasteiger partial charge in [-0.3, -0.25) is 4.72 Å². The Bertz CT molecular complexity index is 1090. The minimum absolute atomic E-state index is 0.0792. The lowest BCUT2D eigenvalue weighted by molar-refractivity contribution is 0.600. The monoisotopic (exact) mass is 443 g/mol. The standard InChI is InChI=1S/C16H12Cl3N5O2S/c17-10-6-11(18)15(12(19)7-10)27(25,26)23-14-8-13(9-2-3-9)22-24(14)16-20-4-1-5-21-16/h1,4-9,23H,2-3H2. The molecule has 27 heavy (non-hydrogen) atoms. The maximum absolute atomic E-state index is 12.9. The van der Waals surface area contributed by atoms with Crippen LogP contribution in [0.25, 0.3) is 5.95 Å². The number of hydrogen-bond donors (Lipinski definition) is 1. The van der Waals surface area contributed by atoms with E-state index in [1.807, 2.05) is 0 Å². The summed E-state index contributed by atoms with van der Waals surface area (Å²) in [5.74, 6) is 0.751. The van der Waals surface area contributed by atoms with Gasteiger partial charge in [0.05, 0.1) is 15.7 Å². The average Bonchev–Trinajstić information content (AvgIpc) is 3.36. The molecule has 7 nitrogen and oxygen atoms in total. The third kappa shape index (κ3) is 3.75. The van der Waals surface area contributed by atoms with E-state index in [0.717, 1.165) is 18.5 Å². The van der Waals surface area contributed by atoms with Gasteiger partial charge < -0.3 is 0 Å². The quantitative estimate of drug-likeness (QED) is 0.633. The Morgan fingerprint density at radius 2 is 1.67 bits per heavy atom. The van der Waals surface area contributed by atoms with Crippen molar-refractivity contribution in [2.24, 2.45) is 0 Å². The molecule has 4 rings (SSSR count). The number of sulfonamides is 1. The Labute approximate surface area is 170 Å². The number of aromatic nitrogens is 4. The highest BCUT2D eigenvalue weighted by atomic mass is 35.5. The van der Waals surface area contributed by atoms with Crippen LogP contribution in [0, 0.1) is 0 Å². The van der Waals surface area contributed by atoms with Crippen LogP contribution in [-0.4, -0.2) is 28.2 Å². The van der Waals surface area contributed by atoms with Crippen LogP contribution in [0.3, 0.4) is 0 Å². The van der Waals surface area contributed by atoms with Crippen LogP contribution in [0.2, 0.25) is 15.1 Å². The van der Waals surface area contributed by atoms with Crippen LogP contribution in [0.1, 0.15) is 24.5 Å². The van der Waals surface area contributed by atoms with E-state index in [4.69, 9.17) is 34.8 Å². The number of nitrogens with zero attached hydrogens (tertiary/aromatic N) is 4. The van der Waals surface area contributed by atoms with Crippen LogP contribution in [-0.2, 0) is 10.0 Å². The molecule has 1 aliphatic carbocycles. The van der Waals surface area contributed by atoms with Crippen molar-refractivity contribution < 1.29 is 8.42 Å². The first kappa shape index (κ1) is 18.5. The fourth-order valence-corrected chi connectivity index (χ4v) is 5.16. The molecule has 1 N–H and O–H groups in total. The van der Waals surface area contributed by atoms with Crippen molar-refractivity contribution in [3.8, 4) is 5.95 Å². The number of halogens is 3. The molecule has 0 radical (unpaired) electrons. The Morgan fingerprint density at radius 1 is 1.04 bits per heavy atom. The lowest BCUT2D eigenvalue weighted by Crippen LogP contribution is -2.17. The van der Waals surface area contributed by atoms with Crippen LogP contribution in [0.4, 0.5) is 5.82 Å². The van der Waals surface area contributed by atoms with Gasteiger partial charge in [-0.25, -0.2) is 18.4 Å². The Kier molecular flexibility index (Phi) is 4.75. The summed E-state index contributed by atoms with van der Waals surface area (Å²) >= 11 is 18.0. The molecule has 0 spiro atoms. The molecule has 3 aromatic rings. The minimum Gasteiger partial charge on any atom is -0.263 e. The molecule has 0 unspecified atom stereocenters. The van der Waals surface area contributed by atoms with E-state index in [9.17, 15) is 8.42 Å². The topological polar surface area (TPSA) is 89.8 Å². The van der Waals surface area contributed by atoms with Gasteiger partial charge in [-0.15, -0.1) is 0 Å². The van der Waals surface area contributed by atoms with Crippen molar-refractivity contribution in [1.29, 1.82) is 0 Å². The zero-order chi connectivity index (χ0) is 19.2. The van der Waals surface area contributed by atoms with E-state index in [0.29, 0.717) is 5.92 Å². The average molecular weight is 445 g/mol. The second-order valence-electron chi connectivity index (χ2n) is 5.99. The van der Waals surface area contributed by atoms with E-state index >= 15 is 0 Å².